The summed E-state index contributed by atoms with van der Waals surface area (Å²) in [6.45, 7) is 3.64. The fourth-order valence-corrected chi connectivity index (χ4v) is 3.20. The van der Waals surface area contributed by atoms with Crippen LogP contribution >= 0.6 is 22.6 Å². The minimum Gasteiger partial charge on any atom is -0.354 e. The second kappa shape index (κ2) is 8.26. The van der Waals surface area contributed by atoms with Crippen LogP contribution in [0.25, 0.3) is 0 Å². The SMILES string of the molecule is COC(C)(C)OC(/C=C/CS(=O)(=O)c1ccccc1)CI. The third-order valence-electron chi connectivity index (χ3n) is 2.85. The van der Waals surface area contributed by atoms with E-state index in [9.17, 15) is 8.42 Å². The predicted octanol–water partition coefficient (Wildman–Crippen LogP) is 3.22. The van der Waals surface area contributed by atoms with Gasteiger partial charge in [-0.05, 0) is 26.0 Å². The first-order valence-corrected chi connectivity index (χ1v) is 9.72. The summed E-state index contributed by atoms with van der Waals surface area (Å²) in [6.07, 6.45) is 3.22. The Balaban J connectivity index is 2.68. The van der Waals surface area contributed by atoms with Crippen molar-refractivity contribution < 1.29 is 17.9 Å². The van der Waals surface area contributed by atoms with E-state index in [1.807, 2.05) is 13.8 Å². The molecule has 0 aliphatic heterocycles. The average Bonchev–Trinajstić information content (AvgIpc) is 2.47. The summed E-state index contributed by atoms with van der Waals surface area (Å²) in [5.74, 6) is -0.737. The molecule has 0 saturated carbocycles. The molecule has 0 saturated heterocycles. The molecule has 0 aliphatic carbocycles. The van der Waals surface area contributed by atoms with Crippen molar-refractivity contribution in [2.45, 2.75) is 30.6 Å². The quantitative estimate of drug-likeness (QED) is 0.278. The number of sulfone groups is 1. The molecule has 1 unspecified atom stereocenters. The molecule has 1 atom stereocenters. The molecule has 1 rings (SSSR count). The van der Waals surface area contributed by atoms with Gasteiger partial charge in [0.15, 0.2) is 15.6 Å². The van der Waals surface area contributed by atoms with Crippen LogP contribution in [0.15, 0.2) is 47.4 Å². The van der Waals surface area contributed by atoms with E-state index in [1.165, 1.54) is 0 Å². The highest BCUT2D eigenvalue weighted by Gasteiger charge is 2.21. The third-order valence-corrected chi connectivity index (χ3v) is 5.34. The number of rotatable bonds is 8. The molecule has 4 nitrogen and oxygen atoms in total. The van der Waals surface area contributed by atoms with E-state index in [0.29, 0.717) is 9.32 Å². The van der Waals surface area contributed by atoms with E-state index >= 15 is 0 Å². The van der Waals surface area contributed by atoms with Gasteiger partial charge in [0, 0.05) is 11.5 Å². The zero-order chi connectivity index (χ0) is 15.9. The molecule has 6 heteroatoms. The van der Waals surface area contributed by atoms with E-state index in [1.54, 1.807) is 49.6 Å². The molecule has 0 heterocycles. The Morgan fingerprint density at radius 3 is 2.43 bits per heavy atom. The van der Waals surface area contributed by atoms with Crippen molar-refractivity contribution >= 4 is 32.4 Å². The standard InChI is InChI=1S/C15H21IO4S/c1-15(2,19-3)20-13(12-16)8-7-11-21(17,18)14-9-5-4-6-10-14/h4-10,13H,11-12H2,1-3H3/b8-7+. The summed E-state index contributed by atoms with van der Waals surface area (Å²) < 4.78 is 35.9. The van der Waals surface area contributed by atoms with Crippen LogP contribution in [-0.4, -0.2) is 37.6 Å². The van der Waals surface area contributed by atoms with Gasteiger partial charge in [0.1, 0.15) is 0 Å². The Morgan fingerprint density at radius 2 is 1.90 bits per heavy atom. The van der Waals surface area contributed by atoms with Gasteiger partial charge in [-0.15, -0.1) is 0 Å². The zero-order valence-corrected chi connectivity index (χ0v) is 15.4. The van der Waals surface area contributed by atoms with Gasteiger partial charge >= 0.3 is 0 Å². The van der Waals surface area contributed by atoms with Gasteiger partial charge in [0.25, 0.3) is 0 Å². The molecular weight excluding hydrogens is 403 g/mol. The number of alkyl halides is 1. The summed E-state index contributed by atoms with van der Waals surface area (Å²) >= 11 is 2.20. The maximum absolute atomic E-state index is 12.1. The number of benzene rings is 1. The number of hydrogen-bond donors (Lipinski definition) is 0. The van der Waals surface area contributed by atoms with Gasteiger partial charge in [-0.2, -0.15) is 0 Å². The van der Waals surface area contributed by atoms with Gasteiger partial charge in [-0.25, -0.2) is 8.42 Å². The average molecular weight is 424 g/mol. The monoisotopic (exact) mass is 424 g/mol. The fraction of sp³-hybridized carbons (Fsp3) is 0.467. The Hall–Kier alpha value is -0.440. The van der Waals surface area contributed by atoms with Crippen LogP contribution in [-0.2, 0) is 19.3 Å². The molecule has 0 aromatic heterocycles. The van der Waals surface area contributed by atoms with Crippen LogP contribution < -0.4 is 0 Å². The summed E-state index contributed by atoms with van der Waals surface area (Å²) in [4.78, 5) is 0.332. The zero-order valence-electron chi connectivity index (χ0n) is 12.5. The molecule has 0 N–H and O–H groups in total. The molecule has 0 radical (unpaired) electrons. The molecular formula is C15H21IO4S. The molecule has 0 spiro atoms. The molecule has 1 aromatic carbocycles. The first-order chi connectivity index (χ1) is 9.80. The Bertz CT molecular complexity index is 552. The lowest BCUT2D eigenvalue weighted by molar-refractivity contribution is -0.208. The minimum absolute atomic E-state index is 0.0407. The van der Waals surface area contributed by atoms with Crippen molar-refractivity contribution in [3.63, 3.8) is 0 Å². The molecule has 0 aliphatic rings. The van der Waals surface area contributed by atoms with Crippen LogP contribution in [0.2, 0.25) is 0 Å². The Morgan fingerprint density at radius 1 is 1.29 bits per heavy atom. The molecule has 118 valence electrons. The number of halogens is 1. The fourth-order valence-electron chi connectivity index (χ4n) is 1.59. The number of hydrogen-bond acceptors (Lipinski definition) is 4. The van der Waals surface area contributed by atoms with E-state index in [-0.39, 0.29) is 11.9 Å². The second-order valence-corrected chi connectivity index (χ2v) is 7.85. The topological polar surface area (TPSA) is 52.6 Å². The van der Waals surface area contributed by atoms with Crippen LogP contribution in [0.4, 0.5) is 0 Å². The van der Waals surface area contributed by atoms with Gasteiger partial charge in [-0.1, -0.05) is 52.9 Å². The van der Waals surface area contributed by atoms with E-state index in [2.05, 4.69) is 22.6 Å². The van der Waals surface area contributed by atoms with E-state index in [4.69, 9.17) is 9.47 Å². The highest BCUT2D eigenvalue weighted by atomic mass is 127. The highest BCUT2D eigenvalue weighted by Crippen LogP contribution is 2.16. The molecule has 0 bridgehead atoms. The number of methoxy groups -OCH3 is 1. The van der Waals surface area contributed by atoms with E-state index in [0.717, 1.165) is 0 Å². The first kappa shape index (κ1) is 18.6. The maximum atomic E-state index is 12.1. The molecule has 21 heavy (non-hydrogen) atoms. The first-order valence-electron chi connectivity index (χ1n) is 6.54. The van der Waals surface area contributed by atoms with E-state index < -0.39 is 15.6 Å². The minimum atomic E-state index is -3.29. The van der Waals surface area contributed by atoms with Crippen LogP contribution in [0.5, 0.6) is 0 Å². The maximum Gasteiger partial charge on any atom is 0.181 e. The van der Waals surface area contributed by atoms with Crippen molar-refractivity contribution in [2.24, 2.45) is 0 Å². The van der Waals surface area contributed by atoms with Gasteiger partial charge in [0.05, 0.1) is 16.8 Å². The summed E-state index contributed by atoms with van der Waals surface area (Å²) in [6, 6.07) is 8.43. The molecule has 0 fully saturated rings. The lowest BCUT2D eigenvalue weighted by Crippen LogP contribution is -2.32. The second-order valence-electron chi connectivity index (χ2n) is 4.94. The smallest absolute Gasteiger partial charge is 0.181 e. The molecule has 1 aromatic rings. The summed E-state index contributed by atoms with van der Waals surface area (Å²) in [5.41, 5.74) is 0. The third kappa shape index (κ3) is 6.46. The van der Waals surface area contributed by atoms with Crippen molar-refractivity contribution in [3.8, 4) is 0 Å². The van der Waals surface area contributed by atoms with Gasteiger partial charge in [-0.3, -0.25) is 0 Å². The van der Waals surface area contributed by atoms with Crippen molar-refractivity contribution in [1.82, 2.24) is 0 Å². The van der Waals surface area contributed by atoms with Crippen LogP contribution in [0, 0.1) is 0 Å². The Labute approximate surface area is 140 Å². The van der Waals surface area contributed by atoms with Gasteiger partial charge < -0.3 is 9.47 Å². The van der Waals surface area contributed by atoms with Crippen molar-refractivity contribution in [3.05, 3.63) is 42.5 Å². The van der Waals surface area contributed by atoms with Crippen LogP contribution in [0.1, 0.15) is 13.8 Å². The molecule has 0 amide bonds. The summed E-state index contributed by atoms with van der Waals surface area (Å²) in [7, 11) is -1.71. The number of ether oxygens (including phenoxy) is 2. The van der Waals surface area contributed by atoms with Crippen molar-refractivity contribution in [1.29, 1.82) is 0 Å². The van der Waals surface area contributed by atoms with Crippen molar-refractivity contribution in [2.75, 3.05) is 17.3 Å². The largest absolute Gasteiger partial charge is 0.354 e. The van der Waals surface area contributed by atoms with Gasteiger partial charge in [0.2, 0.25) is 0 Å². The normalized spacial score (nSPS) is 14.5. The Kier molecular flexibility index (Phi) is 7.32. The highest BCUT2D eigenvalue weighted by molar-refractivity contribution is 14.1. The lowest BCUT2D eigenvalue weighted by atomic mass is 10.3. The predicted molar refractivity (Wildman–Crippen MR) is 92.5 cm³/mol. The van der Waals surface area contributed by atoms with Crippen LogP contribution in [0.3, 0.4) is 0 Å². The summed E-state index contributed by atoms with van der Waals surface area (Å²) in [5, 5.41) is 0. The lowest BCUT2D eigenvalue weighted by Gasteiger charge is -2.27.